The molecule has 0 bridgehead atoms. The van der Waals surface area contributed by atoms with Crippen molar-refractivity contribution in [1.29, 1.82) is 0 Å². The van der Waals surface area contributed by atoms with Crippen LogP contribution >= 0.6 is 35.3 Å². The molecule has 3 amide bonds. The van der Waals surface area contributed by atoms with Crippen LogP contribution in [0.5, 0.6) is 0 Å². The van der Waals surface area contributed by atoms with E-state index in [-0.39, 0.29) is 12.3 Å². The van der Waals surface area contributed by atoms with Crippen LogP contribution in [-0.4, -0.2) is 87.3 Å². The lowest BCUT2D eigenvalue weighted by atomic mass is 10.0. The van der Waals surface area contributed by atoms with E-state index >= 15 is 0 Å². The molecule has 0 radical (unpaired) electrons. The lowest BCUT2D eigenvalue weighted by molar-refractivity contribution is -0.159. The lowest BCUT2D eigenvalue weighted by Gasteiger charge is -2.50. The third-order valence-electron chi connectivity index (χ3n) is 5.26. The molecule has 11 nitrogen and oxygen atoms in total. The number of hydrogen-bond donors (Lipinski definition) is 2. The van der Waals surface area contributed by atoms with Crippen LogP contribution in [0.25, 0.3) is 0 Å². The highest BCUT2D eigenvalue weighted by Gasteiger charge is 2.55. The number of esters is 2. The van der Waals surface area contributed by atoms with Crippen LogP contribution < -0.4 is 10.6 Å². The van der Waals surface area contributed by atoms with E-state index in [9.17, 15) is 24.0 Å². The molecule has 0 saturated carbocycles. The molecule has 2 N–H and O–H groups in total. The van der Waals surface area contributed by atoms with Gasteiger partial charge in [0.25, 0.3) is 5.91 Å². The number of β-lactam (4-membered cyclic amide) rings is 1. The summed E-state index contributed by atoms with van der Waals surface area (Å²) in [5, 5.41) is 6.64. The summed E-state index contributed by atoms with van der Waals surface area (Å²) < 4.78 is 16.0. The first kappa shape index (κ1) is 31.2. The standard InChI is InChI=1S/C25H35N3O8S3/c1-13(29)34-10-14-11-39-21-17(20(31)28(21)18(14)22(32)35-24(2,3)4)26-19(30)16(15-12-37-8-9-38-15)27-23(33)36-25(5,6)7/h12,16-17,21H,8-11H2,1-7H3,(H,26,30)(H,27,33). The zero-order valence-electron chi connectivity index (χ0n) is 23.1. The molecule has 3 aliphatic rings. The van der Waals surface area contributed by atoms with E-state index in [2.05, 4.69) is 10.6 Å². The minimum Gasteiger partial charge on any atom is -0.461 e. The van der Waals surface area contributed by atoms with Gasteiger partial charge in [-0.1, -0.05) is 0 Å². The van der Waals surface area contributed by atoms with Gasteiger partial charge in [-0.2, -0.15) is 0 Å². The fraction of sp³-hybridized carbons (Fsp3) is 0.640. The molecule has 3 aliphatic heterocycles. The summed E-state index contributed by atoms with van der Waals surface area (Å²) in [5.41, 5.74) is -1.10. The van der Waals surface area contributed by atoms with Gasteiger partial charge in [0.15, 0.2) is 0 Å². The molecule has 0 aromatic rings. The Labute approximate surface area is 240 Å². The Bertz CT molecular complexity index is 1090. The monoisotopic (exact) mass is 601 g/mol. The summed E-state index contributed by atoms with van der Waals surface area (Å²) in [7, 11) is 0. The third kappa shape index (κ3) is 8.34. The van der Waals surface area contributed by atoms with Crippen LogP contribution in [0, 0.1) is 0 Å². The van der Waals surface area contributed by atoms with Crippen LogP contribution in [0.15, 0.2) is 21.6 Å². The fourth-order valence-electron chi connectivity index (χ4n) is 3.76. The van der Waals surface area contributed by atoms with Gasteiger partial charge >= 0.3 is 18.0 Å². The summed E-state index contributed by atoms with van der Waals surface area (Å²) in [6.45, 7) is 11.4. The van der Waals surface area contributed by atoms with Crippen molar-refractivity contribution >= 4 is 65.1 Å². The third-order valence-corrected chi connectivity index (χ3v) is 8.97. The van der Waals surface area contributed by atoms with E-state index in [0.717, 1.165) is 11.5 Å². The quantitative estimate of drug-likeness (QED) is 0.253. The Kier molecular flexibility index (Phi) is 9.97. The molecule has 0 aromatic carbocycles. The molecule has 3 heterocycles. The fourth-order valence-corrected chi connectivity index (χ4v) is 7.27. The Morgan fingerprint density at radius 1 is 1.08 bits per heavy atom. The van der Waals surface area contributed by atoms with Gasteiger partial charge < -0.3 is 24.8 Å². The summed E-state index contributed by atoms with van der Waals surface area (Å²) in [5.74, 6) is -0.362. The number of nitrogens with one attached hydrogen (secondary N) is 2. The number of fused-ring (bicyclic) bond motifs is 1. The van der Waals surface area contributed by atoms with Crippen molar-refractivity contribution in [1.82, 2.24) is 15.5 Å². The van der Waals surface area contributed by atoms with Gasteiger partial charge in [0.05, 0.1) is 0 Å². The SMILES string of the molecule is CC(=O)OCC1=C(C(=O)OC(C)(C)C)N2C(=O)C(NC(=O)C(NC(=O)OC(C)(C)C)C3=CSCCS3)C2SC1. The van der Waals surface area contributed by atoms with E-state index in [1.54, 1.807) is 41.5 Å². The number of thioether (sulfide) groups is 3. The number of rotatable bonds is 7. The van der Waals surface area contributed by atoms with Gasteiger partial charge in [-0.15, -0.1) is 35.3 Å². The van der Waals surface area contributed by atoms with E-state index in [0.29, 0.717) is 16.2 Å². The maximum Gasteiger partial charge on any atom is 0.408 e. The van der Waals surface area contributed by atoms with Crippen molar-refractivity contribution < 1.29 is 38.2 Å². The zero-order chi connectivity index (χ0) is 29.1. The van der Waals surface area contributed by atoms with Gasteiger partial charge in [-0.3, -0.25) is 19.3 Å². The topological polar surface area (TPSA) is 140 Å². The van der Waals surface area contributed by atoms with Crippen molar-refractivity contribution in [3.8, 4) is 0 Å². The molecule has 216 valence electrons. The minimum atomic E-state index is -1.05. The van der Waals surface area contributed by atoms with Crippen LogP contribution in [-0.2, 0) is 33.4 Å². The number of amides is 3. The number of ether oxygens (including phenoxy) is 3. The van der Waals surface area contributed by atoms with Gasteiger partial charge in [0, 0.05) is 34.7 Å². The molecular formula is C25H35N3O8S3. The Morgan fingerprint density at radius 2 is 1.74 bits per heavy atom. The Morgan fingerprint density at radius 3 is 2.31 bits per heavy atom. The van der Waals surface area contributed by atoms with Gasteiger partial charge in [0.1, 0.15) is 41.0 Å². The van der Waals surface area contributed by atoms with E-state index in [1.165, 1.54) is 47.1 Å². The molecule has 1 fully saturated rings. The predicted octanol–water partition coefficient (Wildman–Crippen LogP) is 2.76. The van der Waals surface area contributed by atoms with Crippen molar-refractivity contribution in [2.75, 3.05) is 23.9 Å². The Balaban J connectivity index is 1.80. The number of carbonyl (C=O) groups is 5. The highest BCUT2D eigenvalue weighted by Crippen LogP contribution is 2.41. The highest BCUT2D eigenvalue weighted by atomic mass is 32.2. The van der Waals surface area contributed by atoms with Crippen molar-refractivity contribution in [3.63, 3.8) is 0 Å². The molecule has 1 saturated heterocycles. The molecule has 3 unspecified atom stereocenters. The largest absolute Gasteiger partial charge is 0.461 e. The molecule has 0 aliphatic carbocycles. The summed E-state index contributed by atoms with van der Waals surface area (Å²) >= 11 is 4.32. The van der Waals surface area contributed by atoms with Crippen molar-refractivity contribution in [2.24, 2.45) is 0 Å². The first-order chi connectivity index (χ1) is 18.1. The average Bonchev–Trinajstić information content (AvgIpc) is 2.82. The lowest BCUT2D eigenvalue weighted by Crippen LogP contribution is -2.72. The minimum absolute atomic E-state index is 0.0239. The first-order valence-electron chi connectivity index (χ1n) is 12.3. The van der Waals surface area contributed by atoms with Gasteiger partial charge in [0.2, 0.25) is 5.91 Å². The molecule has 39 heavy (non-hydrogen) atoms. The second-order valence-corrected chi connectivity index (χ2v) is 14.2. The molecule has 14 heteroatoms. The van der Waals surface area contributed by atoms with E-state index in [1.807, 2.05) is 5.41 Å². The van der Waals surface area contributed by atoms with E-state index < -0.39 is 58.5 Å². The first-order valence-corrected chi connectivity index (χ1v) is 15.4. The smallest absolute Gasteiger partial charge is 0.408 e. The maximum absolute atomic E-state index is 13.4. The predicted molar refractivity (Wildman–Crippen MR) is 151 cm³/mol. The summed E-state index contributed by atoms with van der Waals surface area (Å²) in [6, 6.07) is -1.98. The number of nitrogens with zero attached hydrogens (tertiary/aromatic N) is 1. The van der Waals surface area contributed by atoms with Crippen molar-refractivity contribution in [2.45, 2.75) is 77.1 Å². The highest BCUT2D eigenvalue weighted by molar-refractivity contribution is 8.09. The van der Waals surface area contributed by atoms with Crippen LogP contribution in [0.2, 0.25) is 0 Å². The molecule has 3 atom stereocenters. The molecule has 3 rings (SSSR count). The number of carbonyl (C=O) groups excluding carboxylic acids is 5. The average molecular weight is 602 g/mol. The van der Waals surface area contributed by atoms with Gasteiger partial charge in [-0.25, -0.2) is 9.59 Å². The van der Waals surface area contributed by atoms with Crippen LogP contribution in [0.4, 0.5) is 4.79 Å². The van der Waals surface area contributed by atoms with Crippen LogP contribution in [0.3, 0.4) is 0 Å². The second-order valence-electron chi connectivity index (χ2n) is 10.9. The van der Waals surface area contributed by atoms with Crippen molar-refractivity contribution in [3.05, 3.63) is 21.6 Å². The maximum atomic E-state index is 13.4. The van der Waals surface area contributed by atoms with Crippen LogP contribution in [0.1, 0.15) is 48.5 Å². The number of alkyl carbamates (subject to hydrolysis) is 1. The van der Waals surface area contributed by atoms with Gasteiger partial charge in [-0.05, 0) is 47.0 Å². The second kappa shape index (κ2) is 12.5. The molecule has 0 spiro atoms. The van der Waals surface area contributed by atoms with E-state index in [4.69, 9.17) is 14.2 Å². The summed E-state index contributed by atoms with van der Waals surface area (Å²) in [4.78, 5) is 65.7. The zero-order valence-corrected chi connectivity index (χ0v) is 25.5. The Hall–Kier alpha value is -2.32. The number of hydrogen-bond acceptors (Lipinski definition) is 11. The summed E-state index contributed by atoms with van der Waals surface area (Å²) in [6.07, 6.45) is -0.751. The molecular weight excluding hydrogens is 566 g/mol. The normalized spacial score (nSPS) is 22.1. The molecule has 0 aromatic heterocycles.